The van der Waals surface area contributed by atoms with Gasteiger partial charge in [0, 0.05) is 19.3 Å². The normalized spacial score (nSPS) is 12.1. The number of ether oxygens (including phenoxy) is 3. The van der Waals surface area contributed by atoms with Crippen LogP contribution in [0.2, 0.25) is 0 Å². The van der Waals surface area contributed by atoms with Crippen LogP contribution in [0, 0.1) is 0 Å². The molecule has 1 atom stereocenters. The molecule has 6 heteroatoms. The standard InChI is InChI=1S/C61H114O6/c1-4-7-10-13-16-19-22-25-28-30-33-36-39-42-45-48-51-54-60(63)66-57-58(56-65-59(62)53-50-47-44-41-38-35-32-27-24-21-18-15-12-9-6-3)67-61(64)55-52-49-46-43-40-37-34-31-29-26-23-20-17-14-11-8-5-2/h18,21,27,32,58H,4-17,19-20,22-26,28-31,33-57H2,1-3H3/b21-18+,32-27+/t58-/m1/s1. The first kappa shape index (κ1) is 64.9. The fraction of sp³-hybridized carbons (Fsp3) is 0.885. The van der Waals surface area contributed by atoms with Gasteiger partial charge < -0.3 is 14.2 Å². The number of rotatable bonds is 55. The summed E-state index contributed by atoms with van der Waals surface area (Å²) in [6.07, 6.45) is 65.9. The summed E-state index contributed by atoms with van der Waals surface area (Å²) in [5.41, 5.74) is 0. The van der Waals surface area contributed by atoms with Crippen LogP contribution in [-0.4, -0.2) is 37.2 Å². The quantitative estimate of drug-likeness (QED) is 0.0262. The second kappa shape index (κ2) is 56.5. The highest BCUT2D eigenvalue weighted by Gasteiger charge is 2.19. The summed E-state index contributed by atoms with van der Waals surface area (Å²) in [4.78, 5) is 38.2. The zero-order valence-electron chi connectivity index (χ0n) is 45.2. The van der Waals surface area contributed by atoms with Crippen molar-refractivity contribution in [1.82, 2.24) is 0 Å². The summed E-state index contributed by atoms with van der Waals surface area (Å²) in [5.74, 6) is -0.860. The molecule has 6 nitrogen and oxygen atoms in total. The zero-order valence-corrected chi connectivity index (χ0v) is 45.2. The van der Waals surface area contributed by atoms with Gasteiger partial charge in [-0.1, -0.05) is 283 Å². The van der Waals surface area contributed by atoms with Gasteiger partial charge in [0.15, 0.2) is 6.10 Å². The van der Waals surface area contributed by atoms with E-state index in [0.717, 1.165) is 77.0 Å². The molecule has 0 heterocycles. The van der Waals surface area contributed by atoms with Crippen LogP contribution in [0.4, 0.5) is 0 Å². The Bertz CT molecular complexity index is 1080. The lowest BCUT2D eigenvalue weighted by atomic mass is 10.0. The molecule has 0 aliphatic carbocycles. The first-order valence-electron chi connectivity index (χ1n) is 29.8. The zero-order chi connectivity index (χ0) is 48.6. The van der Waals surface area contributed by atoms with Gasteiger partial charge in [0.1, 0.15) is 13.2 Å². The molecule has 0 unspecified atom stereocenters. The van der Waals surface area contributed by atoms with Crippen molar-refractivity contribution in [2.24, 2.45) is 0 Å². The molecule has 0 rings (SSSR count). The van der Waals surface area contributed by atoms with Crippen molar-refractivity contribution in [2.45, 2.75) is 335 Å². The molecule has 0 aromatic heterocycles. The molecule has 0 aromatic rings. The molecule has 0 aliphatic heterocycles. The summed E-state index contributed by atoms with van der Waals surface area (Å²) in [5, 5.41) is 0. The van der Waals surface area contributed by atoms with Crippen LogP contribution >= 0.6 is 0 Å². The number of unbranched alkanes of at least 4 members (excludes halogenated alkanes) is 40. The van der Waals surface area contributed by atoms with Crippen molar-refractivity contribution < 1.29 is 28.6 Å². The lowest BCUT2D eigenvalue weighted by Gasteiger charge is -2.18. The molecule has 0 fully saturated rings. The van der Waals surface area contributed by atoms with Crippen molar-refractivity contribution in [3.63, 3.8) is 0 Å². The van der Waals surface area contributed by atoms with Crippen LogP contribution in [0.15, 0.2) is 24.3 Å². The summed E-state index contributed by atoms with van der Waals surface area (Å²) in [7, 11) is 0. The highest BCUT2D eigenvalue weighted by Crippen LogP contribution is 2.17. The van der Waals surface area contributed by atoms with Gasteiger partial charge in [0.2, 0.25) is 0 Å². The Morgan fingerprint density at radius 1 is 0.299 bits per heavy atom. The minimum Gasteiger partial charge on any atom is -0.462 e. The van der Waals surface area contributed by atoms with E-state index < -0.39 is 6.10 Å². The van der Waals surface area contributed by atoms with E-state index in [9.17, 15) is 14.4 Å². The second-order valence-corrected chi connectivity index (χ2v) is 20.3. The lowest BCUT2D eigenvalue weighted by Crippen LogP contribution is -2.30. The van der Waals surface area contributed by atoms with E-state index in [-0.39, 0.29) is 31.1 Å². The van der Waals surface area contributed by atoms with Crippen molar-refractivity contribution in [2.75, 3.05) is 13.2 Å². The molecule has 0 spiro atoms. The molecule has 394 valence electrons. The van der Waals surface area contributed by atoms with Crippen molar-refractivity contribution >= 4 is 17.9 Å². The van der Waals surface area contributed by atoms with Gasteiger partial charge in [0.25, 0.3) is 0 Å². The molecule has 0 saturated carbocycles. The number of carbonyl (C=O) groups excluding carboxylic acids is 3. The number of allylic oxidation sites excluding steroid dienone is 4. The monoisotopic (exact) mass is 943 g/mol. The van der Waals surface area contributed by atoms with Crippen LogP contribution in [0.3, 0.4) is 0 Å². The SMILES string of the molecule is CCCCC/C=C/C/C=C/CCCCCCCC(=O)OC[C@H](COC(=O)CCCCCCCCCCCCCCCCCCC)OC(=O)CCCCCCCCCCCCCCCCCCC. The van der Waals surface area contributed by atoms with Gasteiger partial charge in [-0.15, -0.1) is 0 Å². The van der Waals surface area contributed by atoms with Gasteiger partial charge >= 0.3 is 17.9 Å². The van der Waals surface area contributed by atoms with Gasteiger partial charge in [-0.2, -0.15) is 0 Å². The summed E-state index contributed by atoms with van der Waals surface area (Å²) in [6, 6.07) is 0. The number of carbonyl (C=O) groups is 3. The van der Waals surface area contributed by atoms with E-state index >= 15 is 0 Å². The largest absolute Gasteiger partial charge is 0.462 e. The third-order valence-corrected chi connectivity index (χ3v) is 13.5. The Morgan fingerprint density at radius 3 is 0.851 bits per heavy atom. The minimum absolute atomic E-state index is 0.0699. The average molecular weight is 944 g/mol. The molecule has 0 radical (unpaired) electrons. The van der Waals surface area contributed by atoms with Crippen LogP contribution in [0.25, 0.3) is 0 Å². The maximum atomic E-state index is 12.9. The van der Waals surface area contributed by atoms with Gasteiger partial charge in [-0.05, 0) is 51.4 Å². The van der Waals surface area contributed by atoms with E-state index in [2.05, 4.69) is 45.1 Å². The van der Waals surface area contributed by atoms with Gasteiger partial charge in [-0.25, -0.2) is 0 Å². The Morgan fingerprint density at radius 2 is 0.537 bits per heavy atom. The van der Waals surface area contributed by atoms with Crippen LogP contribution in [0.1, 0.15) is 329 Å². The van der Waals surface area contributed by atoms with Crippen molar-refractivity contribution in [3.05, 3.63) is 24.3 Å². The third-order valence-electron chi connectivity index (χ3n) is 13.5. The fourth-order valence-electron chi connectivity index (χ4n) is 8.95. The predicted molar refractivity (Wildman–Crippen MR) is 289 cm³/mol. The van der Waals surface area contributed by atoms with E-state index in [1.165, 1.54) is 212 Å². The molecule has 67 heavy (non-hydrogen) atoms. The van der Waals surface area contributed by atoms with Gasteiger partial charge in [0.05, 0.1) is 0 Å². The first-order valence-corrected chi connectivity index (χ1v) is 29.8. The first-order chi connectivity index (χ1) is 33.0. The van der Waals surface area contributed by atoms with E-state index in [4.69, 9.17) is 14.2 Å². The molecule has 0 N–H and O–H groups in total. The van der Waals surface area contributed by atoms with Crippen LogP contribution in [0.5, 0.6) is 0 Å². The predicted octanol–water partition coefficient (Wildman–Crippen LogP) is 19.9. The van der Waals surface area contributed by atoms with E-state index in [1.807, 2.05) is 0 Å². The summed E-state index contributed by atoms with van der Waals surface area (Å²) < 4.78 is 16.9. The van der Waals surface area contributed by atoms with Crippen LogP contribution < -0.4 is 0 Å². The molecule has 0 amide bonds. The van der Waals surface area contributed by atoms with E-state index in [1.54, 1.807) is 0 Å². The molecule has 0 bridgehead atoms. The Balaban J connectivity index is 4.33. The summed E-state index contributed by atoms with van der Waals surface area (Å²) >= 11 is 0. The van der Waals surface area contributed by atoms with Crippen LogP contribution in [-0.2, 0) is 28.6 Å². The van der Waals surface area contributed by atoms with Crippen molar-refractivity contribution in [3.8, 4) is 0 Å². The molecular formula is C61H114O6. The second-order valence-electron chi connectivity index (χ2n) is 20.3. The molecule has 0 aromatic carbocycles. The number of hydrogen-bond acceptors (Lipinski definition) is 6. The maximum absolute atomic E-state index is 12.9. The Labute approximate surface area is 417 Å². The summed E-state index contributed by atoms with van der Waals surface area (Å²) in [6.45, 7) is 6.66. The Kier molecular flexibility index (Phi) is 54.7. The molecular weight excluding hydrogens is 829 g/mol. The highest BCUT2D eigenvalue weighted by molar-refractivity contribution is 5.71. The minimum atomic E-state index is -0.772. The Hall–Kier alpha value is -2.11. The van der Waals surface area contributed by atoms with E-state index in [0.29, 0.717) is 19.3 Å². The van der Waals surface area contributed by atoms with Crippen molar-refractivity contribution in [1.29, 1.82) is 0 Å². The smallest absolute Gasteiger partial charge is 0.306 e. The van der Waals surface area contributed by atoms with Gasteiger partial charge in [-0.3, -0.25) is 14.4 Å². The topological polar surface area (TPSA) is 78.9 Å². The molecule has 0 aliphatic rings. The highest BCUT2D eigenvalue weighted by atomic mass is 16.6. The average Bonchev–Trinajstić information content (AvgIpc) is 3.33. The molecule has 0 saturated heterocycles. The number of hydrogen-bond donors (Lipinski definition) is 0. The number of esters is 3. The third kappa shape index (κ3) is 54.7. The lowest BCUT2D eigenvalue weighted by molar-refractivity contribution is -0.167. The maximum Gasteiger partial charge on any atom is 0.306 e. The fourth-order valence-corrected chi connectivity index (χ4v) is 8.95.